The maximum absolute atomic E-state index is 10.7. The third kappa shape index (κ3) is 5.73. The minimum atomic E-state index is -0.898. The zero-order valence-corrected chi connectivity index (χ0v) is 12.3. The fourth-order valence-electron chi connectivity index (χ4n) is 2.18. The van der Waals surface area contributed by atoms with E-state index in [0.717, 1.165) is 18.4 Å². The van der Waals surface area contributed by atoms with E-state index in [0.29, 0.717) is 11.8 Å². The second kappa shape index (κ2) is 7.13. The minimum Gasteiger partial charge on any atom is -0.478 e. The van der Waals surface area contributed by atoms with Crippen molar-refractivity contribution in [3.05, 3.63) is 41.0 Å². The van der Waals surface area contributed by atoms with Crippen molar-refractivity contribution in [1.82, 2.24) is 0 Å². The monoisotopic (exact) mass is 260 g/mol. The maximum atomic E-state index is 10.7. The first-order valence-electron chi connectivity index (χ1n) is 6.91. The molecule has 1 aromatic carbocycles. The van der Waals surface area contributed by atoms with Gasteiger partial charge in [-0.25, -0.2) is 4.79 Å². The van der Waals surface area contributed by atoms with Gasteiger partial charge in [-0.15, -0.1) is 0 Å². The van der Waals surface area contributed by atoms with Crippen LogP contribution in [0.2, 0.25) is 0 Å². The Labute approximate surface area is 116 Å². The lowest BCUT2D eigenvalue weighted by Crippen LogP contribution is -2.00. The first-order chi connectivity index (χ1) is 8.88. The molecule has 0 aliphatic rings. The smallest absolute Gasteiger partial charge is 0.328 e. The van der Waals surface area contributed by atoms with Crippen LogP contribution in [0.1, 0.15) is 44.4 Å². The molecule has 0 saturated carbocycles. The molecule has 0 spiro atoms. The van der Waals surface area contributed by atoms with Crippen molar-refractivity contribution in [2.45, 2.75) is 40.5 Å². The molecule has 0 amide bonds. The molecule has 1 N–H and O–H groups in total. The summed E-state index contributed by atoms with van der Waals surface area (Å²) < 4.78 is 0. The summed E-state index contributed by atoms with van der Waals surface area (Å²) in [4.78, 5) is 10.7. The zero-order chi connectivity index (χ0) is 14.4. The largest absolute Gasteiger partial charge is 0.478 e. The van der Waals surface area contributed by atoms with Crippen LogP contribution >= 0.6 is 0 Å². The van der Waals surface area contributed by atoms with Crippen LogP contribution in [0.15, 0.2) is 24.3 Å². The van der Waals surface area contributed by atoms with Gasteiger partial charge in [0.1, 0.15) is 0 Å². The minimum absolute atomic E-state index is 0.563. The zero-order valence-electron chi connectivity index (χ0n) is 12.3. The second-order valence-corrected chi connectivity index (χ2v) is 5.90. The van der Waals surface area contributed by atoms with Crippen LogP contribution in [0.25, 0.3) is 6.08 Å². The maximum Gasteiger partial charge on any atom is 0.328 e. The van der Waals surface area contributed by atoms with Crippen molar-refractivity contribution in [2.24, 2.45) is 11.8 Å². The summed E-state index contributed by atoms with van der Waals surface area (Å²) in [5, 5.41) is 8.78. The number of hydrogen-bond acceptors (Lipinski definition) is 1. The van der Waals surface area contributed by atoms with Crippen molar-refractivity contribution in [3.63, 3.8) is 0 Å². The number of carboxylic acids is 1. The Morgan fingerprint density at radius 1 is 1.16 bits per heavy atom. The summed E-state index contributed by atoms with van der Waals surface area (Å²) in [6.45, 7) is 8.73. The fourth-order valence-corrected chi connectivity index (χ4v) is 2.18. The number of rotatable bonds is 6. The molecule has 19 heavy (non-hydrogen) atoms. The molecule has 0 heterocycles. The average Bonchev–Trinajstić information content (AvgIpc) is 2.27. The molecule has 0 aliphatic heterocycles. The molecule has 2 nitrogen and oxygen atoms in total. The highest BCUT2D eigenvalue weighted by molar-refractivity contribution is 5.85. The van der Waals surface area contributed by atoms with Gasteiger partial charge in [-0.3, -0.25) is 0 Å². The molecule has 2 heteroatoms. The van der Waals surface area contributed by atoms with Gasteiger partial charge in [0.15, 0.2) is 0 Å². The van der Waals surface area contributed by atoms with E-state index >= 15 is 0 Å². The van der Waals surface area contributed by atoms with E-state index in [-0.39, 0.29) is 0 Å². The molecule has 0 fully saturated rings. The standard InChI is InChI=1S/C17H24O2/c1-12(2)9-14-5-6-15(10-13(3)4)16(11-14)7-8-17(18)19/h5-8,11-13H,9-10H2,1-4H3,(H,18,19)/b8-7+. The molecule has 0 bridgehead atoms. The van der Waals surface area contributed by atoms with Crippen molar-refractivity contribution < 1.29 is 9.90 Å². The van der Waals surface area contributed by atoms with Crippen LogP contribution in [0.5, 0.6) is 0 Å². The molecule has 0 aliphatic carbocycles. The molecule has 0 saturated heterocycles. The van der Waals surface area contributed by atoms with E-state index in [1.165, 1.54) is 17.2 Å². The third-order valence-corrected chi connectivity index (χ3v) is 2.89. The van der Waals surface area contributed by atoms with Gasteiger partial charge < -0.3 is 5.11 Å². The number of carboxylic acid groups (broad SMARTS) is 1. The molecule has 0 aromatic heterocycles. The van der Waals surface area contributed by atoms with Gasteiger partial charge in [-0.1, -0.05) is 45.9 Å². The Hall–Kier alpha value is -1.57. The molecular formula is C17H24O2. The van der Waals surface area contributed by atoms with Crippen LogP contribution in [0.4, 0.5) is 0 Å². The summed E-state index contributed by atoms with van der Waals surface area (Å²) in [6.07, 6.45) is 4.93. The Kier molecular flexibility index (Phi) is 5.81. The Morgan fingerprint density at radius 2 is 1.79 bits per heavy atom. The van der Waals surface area contributed by atoms with Gasteiger partial charge in [-0.05, 0) is 47.4 Å². The van der Waals surface area contributed by atoms with E-state index in [4.69, 9.17) is 5.11 Å². The van der Waals surface area contributed by atoms with Gasteiger partial charge in [0.2, 0.25) is 0 Å². The Balaban J connectivity index is 3.06. The van der Waals surface area contributed by atoms with E-state index in [9.17, 15) is 4.79 Å². The van der Waals surface area contributed by atoms with Crippen LogP contribution in [-0.2, 0) is 17.6 Å². The van der Waals surface area contributed by atoms with E-state index < -0.39 is 5.97 Å². The third-order valence-electron chi connectivity index (χ3n) is 2.89. The summed E-state index contributed by atoms with van der Waals surface area (Å²) in [7, 11) is 0. The summed E-state index contributed by atoms with van der Waals surface area (Å²) >= 11 is 0. The topological polar surface area (TPSA) is 37.3 Å². The SMILES string of the molecule is CC(C)Cc1ccc(CC(C)C)c(/C=C/C(=O)O)c1. The molecule has 0 atom stereocenters. The lowest BCUT2D eigenvalue weighted by molar-refractivity contribution is -0.131. The molecular weight excluding hydrogens is 236 g/mol. The predicted octanol–water partition coefficient (Wildman–Crippen LogP) is 4.18. The number of hydrogen-bond donors (Lipinski definition) is 1. The van der Waals surface area contributed by atoms with Crippen molar-refractivity contribution in [3.8, 4) is 0 Å². The van der Waals surface area contributed by atoms with E-state index in [1.807, 2.05) is 0 Å². The fraction of sp³-hybridized carbons (Fsp3) is 0.471. The highest BCUT2D eigenvalue weighted by Gasteiger charge is 2.06. The highest BCUT2D eigenvalue weighted by Crippen LogP contribution is 2.19. The first-order valence-corrected chi connectivity index (χ1v) is 6.91. The predicted molar refractivity (Wildman–Crippen MR) is 80.2 cm³/mol. The lowest BCUT2D eigenvalue weighted by atomic mass is 9.93. The van der Waals surface area contributed by atoms with E-state index in [2.05, 4.69) is 45.9 Å². The lowest BCUT2D eigenvalue weighted by Gasteiger charge is -2.12. The molecule has 1 rings (SSSR count). The van der Waals surface area contributed by atoms with Gasteiger partial charge >= 0.3 is 5.97 Å². The van der Waals surface area contributed by atoms with Crippen molar-refractivity contribution in [1.29, 1.82) is 0 Å². The van der Waals surface area contributed by atoms with Gasteiger partial charge in [0.25, 0.3) is 0 Å². The second-order valence-electron chi connectivity index (χ2n) is 5.90. The van der Waals surface area contributed by atoms with Crippen LogP contribution in [-0.4, -0.2) is 11.1 Å². The number of carbonyl (C=O) groups is 1. The van der Waals surface area contributed by atoms with Crippen LogP contribution in [0, 0.1) is 11.8 Å². The normalized spacial score (nSPS) is 11.7. The van der Waals surface area contributed by atoms with Crippen LogP contribution < -0.4 is 0 Å². The quantitative estimate of drug-likeness (QED) is 0.779. The summed E-state index contributed by atoms with van der Waals surface area (Å²) in [6, 6.07) is 6.42. The van der Waals surface area contributed by atoms with Crippen molar-refractivity contribution >= 4 is 12.0 Å². The van der Waals surface area contributed by atoms with Gasteiger partial charge in [-0.2, -0.15) is 0 Å². The molecule has 1 aromatic rings. The Bertz CT molecular complexity index is 456. The van der Waals surface area contributed by atoms with E-state index in [1.54, 1.807) is 6.08 Å². The number of benzene rings is 1. The summed E-state index contributed by atoms with van der Waals surface area (Å²) in [5.74, 6) is 0.268. The Morgan fingerprint density at radius 3 is 2.32 bits per heavy atom. The first kappa shape index (κ1) is 15.5. The van der Waals surface area contributed by atoms with Crippen LogP contribution in [0.3, 0.4) is 0 Å². The van der Waals surface area contributed by atoms with Gasteiger partial charge in [0, 0.05) is 6.08 Å². The average molecular weight is 260 g/mol. The highest BCUT2D eigenvalue weighted by atomic mass is 16.4. The number of aliphatic carboxylic acids is 1. The van der Waals surface area contributed by atoms with Crippen molar-refractivity contribution in [2.75, 3.05) is 0 Å². The van der Waals surface area contributed by atoms with Gasteiger partial charge in [0.05, 0.1) is 0 Å². The molecule has 104 valence electrons. The summed E-state index contributed by atoms with van der Waals surface area (Å²) in [5.41, 5.74) is 3.53. The molecule has 0 radical (unpaired) electrons. The molecule has 0 unspecified atom stereocenters.